The molecular weight excluding hydrogens is 394 g/mol. The Morgan fingerprint density at radius 1 is 1.10 bits per heavy atom. The molecule has 2 aliphatic heterocycles. The van der Waals surface area contributed by atoms with E-state index in [9.17, 15) is 4.79 Å². The summed E-state index contributed by atoms with van der Waals surface area (Å²) in [6, 6.07) is 15.6. The molecule has 2 aliphatic rings. The van der Waals surface area contributed by atoms with Crippen LogP contribution in [0.3, 0.4) is 0 Å². The Hall–Kier alpha value is -3.58. The second-order valence-corrected chi connectivity index (χ2v) is 7.86. The van der Waals surface area contributed by atoms with Crippen LogP contribution in [0.4, 0.5) is 0 Å². The SMILES string of the molecule is O=C(NCC1CCCO1)c1cc2c([nH]c3ccccc32)c(-c2ccc3c(c2)OCO3)n1. The minimum Gasteiger partial charge on any atom is -0.454 e. The molecule has 2 N–H and O–H groups in total. The Kier molecular flexibility index (Phi) is 4.28. The summed E-state index contributed by atoms with van der Waals surface area (Å²) in [6.45, 7) is 1.46. The molecular formula is C24H21N3O4. The van der Waals surface area contributed by atoms with E-state index in [1.807, 2.05) is 48.5 Å². The second kappa shape index (κ2) is 7.28. The van der Waals surface area contributed by atoms with Crippen LogP contribution in [0.15, 0.2) is 48.5 Å². The standard InChI is InChI=1S/C24H21N3O4/c28-24(25-12-15-4-3-9-29-15)19-11-17-16-5-1-2-6-18(16)26-23(17)22(27-19)14-7-8-20-21(10-14)31-13-30-20/h1-2,5-8,10-11,15,26H,3-4,9,12-13H2,(H,25,28). The van der Waals surface area contributed by atoms with Gasteiger partial charge in [-0.15, -0.1) is 0 Å². The summed E-state index contributed by atoms with van der Waals surface area (Å²) >= 11 is 0. The normalized spacial score (nSPS) is 17.5. The molecule has 156 valence electrons. The molecule has 0 spiro atoms. The van der Waals surface area contributed by atoms with Gasteiger partial charge >= 0.3 is 0 Å². The molecule has 1 unspecified atom stereocenters. The molecule has 1 amide bonds. The number of carbonyl (C=O) groups excluding carboxylic acids is 1. The van der Waals surface area contributed by atoms with E-state index in [1.54, 1.807) is 0 Å². The Bertz CT molecular complexity index is 1310. The topological polar surface area (TPSA) is 85.5 Å². The van der Waals surface area contributed by atoms with Crippen LogP contribution >= 0.6 is 0 Å². The molecule has 2 aromatic heterocycles. The third kappa shape index (κ3) is 3.18. The van der Waals surface area contributed by atoms with Crippen molar-refractivity contribution in [3.05, 3.63) is 54.2 Å². The Morgan fingerprint density at radius 2 is 2.00 bits per heavy atom. The third-order valence-electron chi connectivity index (χ3n) is 5.89. The number of benzene rings is 2. The average molecular weight is 415 g/mol. The molecule has 31 heavy (non-hydrogen) atoms. The van der Waals surface area contributed by atoms with Gasteiger partial charge in [-0.3, -0.25) is 4.79 Å². The van der Waals surface area contributed by atoms with Crippen LogP contribution in [0.2, 0.25) is 0 Å². The summed E-state index contributed by atoms with van der Waals surface area (Å²) in [5.41, 5.74) is 3.82. The van der Waals surface area contributed by atoms with Crippen molar-refractivity contribution in [2.75, 3.05) is 19.9 Å². The lowest BCUT2D eigenvalue weighted by atomic mass is 10.1. The van der Waals surface area contributed by atoms with Gasteiger partial charge in [0.1, 0.15) is 5.69 Å². The first-order valence-electron chi connectivity index (χ1n) is 10.5. The first-order chi connectivity index (χ1) is 15.3. The number of aromatic nitrogens is 2. The zero-order chi connectivity index (χ0) is 20.8. The molecule has 0 bridgehead atoms. The fraction of sp³-hybridized carbons (Fsp3) is 0.250. The molecule has 0 saturated carbocycles. The zero-order valence-corrected chi connectivity index (χ0v) is 16.8. The number of carbonyl (C=O) groups is 1. The molecule has 2 aromatic carbocycles. The monoisotopic (exact) mass is 415 g/mol. The van der Waals surface area contributed by atoms with Crippen molar-refractivity contribution in [1.29, 1.82) is 0 Å². The summed E-state index contributed by atoms with van der Waals surface area (Å²) in [7, 11) is 0. The molecule has 1 saturated heterocycles. The number of fused-ring (bicyclic) bond motifs is 4. The first-order valence-corrected chi connectivity index (χ1v) is 10.5. The fourth-order valence-corrected chi connectivity index (χ4v) is 4.32. The van der Waals surface area contributed by atoms with E-state index < -0.39 is 0 Å². The molecule has 0 radical (unpaired) electrons. The smallest absolute Gasteiger partial charge is 0.270 e. The van der Waals surface area contributed by atoms with Crippen molar-refractivity contribution in [2.45, 2.75) is 18.9 Å². The van der Waals surface area contributed by atoms with E-state index in [4.69, 9.17) is 19.2 Å². The largest absolute Gasteiger partial charge is 0.454 e. The number of rotatable bonds is 4. The van der Waals surface area contributed by atoms with E-state index in [0.29, 0.717) is 29.4 Å². The van der Waals surface area contributed by atoms with Crippen molar-refractivity contribution in [3.8, 4) is 22.8 Å². The minimum absolute atomic E-state index is 0.0779. The lowest BCUT2D eigenvalue weighted by Gasteiger charge is -2.12. The van der Waals surface area contributed by atoms with Gasteiger partial charge in [0.25, 0.3) is 5.91 Å². The van der Waals surface area contributed by atoms with Gasteiger partial charge < -0.3 is 24.5 Å². The summed E-state index contributed by atoms with van der Waals surface area (Å²) in [4.78, 5) is 21.2. The highest BCUT2D eigenvalue weighted by atomic mass is 16.7. The number of ether oxygens (including phenoxy) is 3. The van der Waals surface area contributed by atoms with Gasteiger partial charge in [-0.05, 0) is 43.2 Å². The molecule has 7 nitrogen and oxygen atoms in total. The van der Waals surface area contributed by atoms with E-state index in [2.05, 4.69) is 10.3 Å². The highest BCUT2D eigenvalue weighted by Gasteiger charge is 2.21. The molecule has 1 fully saturated rings. The zero-order valence-electron chi connectivity index (χ0n) is 16.8. The van der Waals surface area contributed by atoms with Gasteiger partial charge in [0.2, 0.25) is 6.79 Å². The molecule has 0 aliphatic carbocycles. The van der Waals surface area contributed by atoms with Gasteiger partial charge in [0, 0.05) is 35.0 Å². The third-order valence-corrected chi connectivity index (χ3v) is 5.89. The Morgan fingerprint density at radius 3 is 2.90 bits per heavy atom. The molecule has 6 rings (SSSR count). The Balaban J connectivity index is 1.47. The number of aromatic amines is 1. The van der Waals surface area contributed by atoms with Gasteiger partial charge in [0.05, 0.1) is 17.3 Å². The maximum absolute atomic E-state index is 13.0. The predicted molar refractivity (Wildman–Crippen MR) is 116 cm³/mol. The number of hydrogen-bond donors (Lipinski definition) is 2. The second-order valence-electron chi connectivity index (χ2n) is 7.86. The van der Waals surface area contributed by atoms with Crippen molar-refractivity contribution in [3.63, 3.8) is 0 Å². The number of H-pyrrole nitrogens is 1. The van der Waals surface area contributed by atoms with Crippen LogP contribution in [0.25, 0.3) is 33.1 Å². The quantitative estimate of drug-likeness (QED) is 0.526. The minimum atomic E-state index is -0.204. The highest BCUT2D eigenvalue weighted by molar-refractivity contribution is 6.13. The van der Waals surface area contributed by atoms with E-state index in [-0.39, 0.29) is 18.8 Å². The van der Waals surface area contributed by atoms with Gasteiger partial charge in [-0.25, -0.2) is 4.98 Å². The van der Waals surface area contributed by atoms with Crippen LogP contribution in [-0.4, -0.2) is 41.9 Å². The summed E-state index contributed by atoms with van der Waals surface area (Å²) in [5, 5.41) is 4.99. The lowest BCUT2D eigenvalue weighted by Crippen LogP contribution is -2.32. The van der Waals surface area contributed by atoms with E-state index in [0.717, 1.165) is 46.8 Å². The molecule has 4 heterocycles. The van der Waals surface area contributed by atoms with Gasteiger partial charge in [0.15, 0.2) is 11.5 Å². The van der Waals surface area contributed by atoms with Crippen molar-refractivity contribution >= 4 is 27.7 Å². The number of nitrogens with zero attached hydrogens (tertiary/aromatic N) is 1. The number of pyridine rings is 1. The number of nitrogens with one attached hydrogen (secondary N) is 2. The molecule has 4 aromatic rings. The van der Waals surface area contributed by atoms with E-state index in [1.165, 1.54) is 0 Å². The van der Waals surface area contributed by atoms with Gasteiger partial charge in [-0.2, -0.15) is 0 Å². The number of para-hydroxylation sites is 1. The van der Waals surface area contributed by atoms with Crippen LogP contribution in [0, 0.1) is 0 Å². The predicted octanol–water partition coefficient (Wildman–Crippen LogP) is 4.02. The highest BCUT2D eigenvalue weighted by Crippen LogP contribution is 2.38. The Labute approximate surface area is 178 Å². The maximum Gasteiger partial charge on any atom is 0.270 e. The number of amides is 1. The summed E-state index contributed by atoms with van der Waals surface area (Å²) in [6.07, 6.45) is 2.08. The number of hydrogen-bond acceptors (Lipinski definition) is 5. The summed E-state index contributed by atoms with van der Waals surface area (Å²) < 4.78 is 16.6. The van der Waals surface area contributed by atoms with E-state index >= 15 is 0 Å². The first kappa shape index (κ1) is 18.2. The van der Waals surface area contributed by atoms with Gasteiger partial charge in [-0.1, -0.05) is 18.2 Å². The summed E-state index contributed by atoms with van der Waals surface area (Å²) in [5.74, 6) is 1.18. The van der Waals surface area contributed by atoms with Crippen LogP contribution in [0.5, 0.6) is 11.5 Å². The van der Waals surface area contributed by atoms with Crippen LogP contribution in [0.1, 0.15) is 23.3 Å². The molecule has 7 heteroatoms. The van der Waals surface area contributed by atoms with Crippen LogP contribution in [-0.2, 0) is 4.74 Å². The van der Waals surface area contributed by atoms with Crippen molar-refractivity contribution < 1.29 is 19.0 Å². The maximum atomic E-state index is 13.0. The van der Waals surface area contributed by atoms with Crippen LogP contribution < -0.4 is 14.8 Å². The fourth-order valence-electron chi connectivity index (χ4n) is 4.32. The lowest BCUT2D eigenvalue weighted by molar-refractivity contribution is 0.0854. The van der Waals surface area contributed by atoms with Crippen molar-refractivity contribution in [1.82, 2.24) is 15.3 Å². The molecule has 1 atom stereocenters. The van der Waals surface area contributed by atoms with Crippen molar-refractivity contribution in [2.24, 2.45) is 0 Å². The average Bonchev–Trinajstić information content (AvgIpc) is 3.55.